The minimum absolute atomic E-state index is 0. The molecule has 0 rings (SSSR count). The molecule has 0 atom stereocenters. The first kappa shape index (κ1) is 311. The van der Waals surface area contributed by atoms with Gasteiger partial charge in [-0.25, -0.2) is 0 Å². The zero-order valence-electron chi connectivity index (χ0n) is 3.95. The average Bonchev–Trinajstić information content (AvgIpc) is 0. The molecule has 10 heteroatoms. The Bertz CT molecular complexity index is 17.7. The smallest absolute Gasteiger partial charge is 2.00 e. The second kappa shape index (κ2) is 237. The predicted molar refractivity (Wildman–Crippen MR) is 4.12 cm³/mol. The Hall–Kier alpha value is 2.23. The fourth-order valence-corrected chi connectivity index (χ4v) is 0. The summed E-state index contributed by atoms with van der Waals surface area (Å²) in [7, 11) is 0. The van der Waals surface area contributed by atoms with Crippen LogP contribution in [0.3, 0.4) is 0 Å². The van der Waals surface area contributed by atoms with E-state index in [0.29, 0.717) is 0 Å². The summed E-state index contributed by atoms with van der Waals surface area (Å²) in [5.74, 6) is 0. The third-order valence-electron chi connectivity index (χ3n) is 0. The Kier molecular flexibility index (Phi) is 7350. The van der Waals surface area contributed by atoms with Gasteiger partial charge in [-0.3, -0.25) is 0 Å². The molecule has 0 aromatic rings. The van der Waals surface area contributed by atoms with Crippen LogP contribution < -0.4 is 0 Å². The number of hydrogen-bond acceptors (Lipinski definition) is 0. The fourth-order valence-electron chi connectivity index (χ4n) is 0. The maximum absolute atomic E-state index is 0. The molecule has 0 fully saturated rings. The van der Waals surface area contributed by atoms with Crippen molar-refractivity contribution in [3.05, 3.63) is 0 Å². The Morgan fingerprint density at radius 3 is 0.500 bits per heavy atom. The summed E-state index contributed by atoms with van der Waals surface area (Å²) in [5, 5.41) is 0. The van der Waals surface area contributed by atoms with Gasteiger partial charge in [-0.15, -0.1) is 0 Å². The van der Waals surface area contributed by atoms with Crippen molar-refractivity contribution in [2.24, 2.45) is 0 Å². The molecule has 0 aliphatic heterocycles. The van der Waals surface area contributed by atoms with Crippen LogP contribution in [0, 0.1) is 0 Å². The van der Waals surface area contributed by atoms with Crippen molar-refractivity contribution >= 4 is 0 Å². The molecule has 0 aromatic carbocycles. The van der Waals surface area contributed by atoms with Crippen molar-refractivity contribution in [1.82, 2.24) is 0 Å². The SMILES string of the molecule is [Co+2].[Cr+3].[Nb+5].[O-2].[O-2].[O-2].[O-2].[O-2].[O-2].[Pt+2]. The van der Waals surface area contributed by atoms with Gasteiger partial charge in [-0.1, -0.05) is 0 Å². The minimum Gasteiger partial charge on any atom is -2.00 e. The molecule has 0 saturated heterocycles. The zero-order chi connectivity index (χ0) is 0. The van der Waals surface area contributed by atoms with Gasteiger partial charge in [-0.05, 0) is 0 Å². The normalized spacial score (nSPS) is 0. The first-order valence-corrected chi connectivity index (χ1v) is 0. The van der Waals surface area contributed by atoms with Gasteiger partial charge in [0.25, 0.3) is 0 Å². The molecule has 10 heavy (non-hydrogen) atoms. The number of hydrogen-bond donors (Lipinski definition) is 0. The van der Waals surface area contributed by atoms with Crippen LogP contribution in [0.2, 0.25) is 0 Å². The van der Waals surface area contributed by atoms with Crippen LogP contribution in [0.1, 0.15) is 0 Å². The van der Waals surface area contributed by atoms with Crippen LogP contribution in [0.25, 0.3) is 0 Å². The van der Waals surface area contributed by atoms with E-state index in [2.05, 4.69) is 0 Å². The minimum atomic E-state index is 0. The molecule has 0 spiro atoms. The van der Waals surface area contributed by atoms with Gasteiger partial charge in [0, 0.05) is 0 Å². The van der Waals surface area contributed by atoms with Crippen molar-refractivity contribution in [3.63, 3.8) is 0 Å². The first-order valence-electron chi connectivity index (χ1n) is 0. The van der Waals surface area contributed by atoms with Gasteiger partial charge in [0.15, 0.2) is 0 Å². The molecule has 0 unspecified atom stereocenters. The molecule has 6 nitrogen and oxygen atoms in total. The average molecular weight is 495 g/mol. The fraction of sp³-hybridized carbons (Fsp3) is 0. The van der Waals surface area contributed by atoms with Crippen molar-refractivity contribution in [2.45, 2.75) is 0 Å². The van der Waals surface area contributed by atoms with Crippen LogP contribution in [-0.4, -0.2) is 0 Å². The second-order valence-corrected chi connectivity index (χ2v) is 0. The quantitative estimate of drug-likeness (QED) is 0.387. The topological polar surface area (TPSA) is 171 Å². The summed E-state index contributed by atoms with van der Waals surface area (Å²) in [4.78, 5) is 0. The molecule has 66 valence electrons. The van der Waals surface area contributed by atoms with Crippen LogP contribution in [-0.2, 0) is 110 Å². The van der Waals surface area contributed by atoms with E-state index in [1.54, 1.807) is 0 Å². The molecular formula is CoCrNbO6Pt. The molecule has 2 radical (unpaired) electrons. The van der Waals surface area contributed by atoms with Gasteiger partial charge < -0.3 is 32.9 Å². The van der Waals surface area contributed by atoms with E-state index in [9.17, 15) is 0 Å². The van der Waals surface area contributed by atoms with E-state index in [1.165, 1.54) is 0 Å². The van der Waals surface area contributed by atoms with E-state index in [-0.39, 0.29) is 110 Å². The van der Waals surface area contributed by atoms with E-state index < -0.39 is 0 Å². The molecule has 0 saturated carbocycles. The van der Waals surface area contributed by atoms with Crippen molar-refractivity contribution < 1.29 is 110 Å². The zero-order valence-corrected chi connectivity index (χ0v) is 10.7. The first-order chi connectivity index (χ1) is 0. The van der Waals surface area contributed by atoms with Crippen LogP contribution >= 0.6 is 0 Å². The molecule has 0 bridgehead atoms. The Morgan fingerprint density at radius 2 is 0.500 bits per heavy atom. The van der Waals surface area contributed by atoms with Crippen molar-refractivity contribution in [2.75, 3.05) is 0 Å². The maximum atomic E-state index is 0. The van der Waals surface area contributed by atoms with Gasteiger partial charge in [0.2, 0.25) is 0 Å². The van der Waals surface area contributed by atoms with Gasteiger partial charge in [0.1, 0.15) is 0 Å². The Labute approximate surface area is 109 Å². The molecule has 0 aromatic heterocycles. The summed E-state index contributed by atoms with van der Waals surface area (Å²) in [6, 6.07) is 0. The predicted octanol–water partition coefficient (Wildman–Crippen LogP) is -0.723. The second-order valence-electron chi connectivity index (χ2n) is 0. The molecule has 0 N–H and O–H groups in total. The van der Waals surface area contributed by atoms with E-state index in [0.717, 1.165) is 0 Å². The van der Waals surface area contributed by atoms with Gasteiger partial charge >= 0.3 is 77.6 Å². The molecule has 0 amide bonds. The standard InChI is InChI=1S/Co.Cr.Nb.6O.Pt/q+2;+3;+5;6*-2;+2. The van der Waals surface area contributed by atoms with E-state index >= 15 is 0 Å². The summed E-state index contributed by atoms with van der Waals surface area (Å²) < 4.78 is 0. The van der Waals surface area contributed by atoms with Crippen molar-refractivity contribution in [1.29, 1.82) is 0 Å². The van der Waals surface area contributed by atoms with Crippen molar-refractivity contribution in [3.8, 4) is 0 Å². The largest absolute Gasteiger partial charge is 5.00 e. The summed E-state index contributed by atoms with van der Waals surface area (Å²) >= 11 is 0. The van der Waals surface area contributed by atoms with Gasteiger partial charge in [-0.2, -0.15) is 0 Å². The van der Waals surface area contributed by atoms with E-state index in [4.69, 9.17) is 0 Å². The molecule has 0 aliphatic rings. The molecular weight excluding hydrogens is 495 g/mol. The Morgan fingerprint density at radius 1 is 0.500 bits per heavy atom. The summed E-state index contributed by atoms with van der Waals surface area (Å²) in [5.41, 5.74) is 0. The monoisotopic (exact) mass is 495 g/mol. The van der Waals surface area contributed by atoms with Crippen LogP contribution in [0.15, 0.2) is 0 Å². The molecule has 0 aliphatic carbocycles. The maximum Gasteiger partial charge on any atom is 5.00 e. The Balaban J connectivity index is 0. The van der Waals surface area contributed by atoms with E-state index in [1.807, 2.05) is 0 Å². The molecule has 0 heterocycles. The summed E-state index contributed by atoms with van der Waals surface area (Å²) in [6.07, 6.45) is 0. The summed E-state index contributed by atoms with van der Waals surface area (Å²) in [6.45, 7) is 0. The van der Waals surface area contributed by atoms with Crippen LogP contribution in [0.4, 0.5) is 0 Å². The van der Waals surface area contributed by atoms with Crippen LogP contribution in [0.5, 0.6) is 0 Å². The number of rotatable bonds is 0. The third kappa shape index (κ3) is 176. The third-order valence-corrected chi connectivity index (χ3v) is 0. The van der Waals surface area contributed by atoms with Gasteiger partial charge in [0.05, 0.1) is 0 Å².